The molecule has 0 saturated heterocycles. The summed E-state index contributed by atoms with van der Waals surface area (Å²) in [5.41, 5.74) is 6.02. The van der Waals surface area contributed by atoms with E-state index in [1.807, 2.05) is 0 Å². The van der Waals surface area contributed by atoms with E-state index in [0.717, 1.165) is 6.20 Å². The molecule has 0 aromatic carbocycles. The van der Waals surface area contributed by atoms with Gasteiger partial charge in [-0.2, -0.15) is 5.10 Å². The minimum Gasteiger partial charge on any atom is -0.396 e. The number of aryl methyl sites for hydroxylation is 1. The topological polar surface area (TPSA) is 69.6 Å². The zero-order valence-electron chi connectivity index (χ0n) is 7.48. The van der Waals surface area contributed by atoms with E-state index in [4.69, 9.17) is 5.73 Å². The van der Waals surface area contributed by atoms with E-state index in [-0.39, 0.29) is 11.4 Å². The number of aromatic nitrogens is 4. The minimum atomic E-state index is -0.515. The molecule has 0 amide bonds. The highest BCUT2D eigenvalue weighted by Gasteiger charge is 2.11. The molecule has 72 valence electrons. The summed E-state index contributed by atoms with van der Waals surface area (Å²) in [5.74, 6) is 0.0559. The molecule has 2 rings (SSSR count). The Hall–Kier alpha value is -1.98. The van der Waals surface area contributed by atoms with E-state index in [1.165, 1.54) is 17.2 Å². The van der Waals surface area contributed by atoms with Gasteiger partial charge in [0.1, 0.15) is 17.8 Å². The Morgan fingerprint density at radius 3 is 2.79 bits per heavy atom. The predicted octanol–water partition coefficient (Wildman–Crippen LogP) is 0.692. The van der Waals surface area contributed by atoms with E-state index < -0.39 is 5.82 Å². The van der Waals surface area contributed by atoms with Gasteiger partial charge in [-0.15, -0.1) is 0 Å². The van der Waals surface area contributed by atoms with Crippen LogP contribution in [0, 0.1) is 12.7 Å². The summed E-state index contributed by atoms with van der Waals surface area (Å²) in [7, 11) is 0. The Morgan fingerprint density at radius 2 is 2.21 bits per heavy atom. The third-order valence-electron chi connectivity index (χ3n) is 1.83. The van der Waals surface area contributed by atoms with Gasteiger partial charge in [0, 0.05) is 0 Å². The van der Waals surface area contributed by atoms with Crippen LogP contribution in [0.25, 0.3) is 5.69 Å². The summed E-state index contributed by atoms with van der Waals surface area (Å²) in [6, 6.07) is 0. The fraction of sp³-hybridized carbons (Fsp3) is 0.125. The number of hydrogen-bond acceptors (Lipinski definition) is 4. The molecule has 2 N–H and O–H groups in total. The Balaban J connectivity index is 2.68. The van der Waals surface area contributed by atoms with Gasteiger partial charge in [-0.3, -0.25) is 4.98 Å². The fourth-order valence-electron chi connectivity index (χ4n) is 1.19. The smallest absolute Gasteiger partial charge is 0.169 e. The van der Waals surface area contributed by atoms with Crippen molar-refractivity contribution in [3.05, 3.63) is 30.4 Å². The molecule has 5 nitrogen and oxygen atoms in total. The van der Waals surface area contributed by atoms with Crippen molar-refractivity contribution in [2.75, 3.05) is 5.73 Å². The van der Waals surface area contributed by atoms with Crippen LogP contribution < -0.4 is 5.73 Å². The average Bonchev–Trinajstić information content (AvgIpc) is 2.52. The highest BCUT2D eigenvalue weighted by Crippen LogP contribution is 2.18. The number of rotatable bonds is 1. The maximum absolute atomic E-state index is 13.4. The third-order valence-corrected chi connectivity index (χ3v) is 1.83. The second kappa shape index (κ2) is 3.06. The summed E-state index contributed by atoms with van der Waals surface area (Å²) < 4.78 is 14.7. The molecule has 0 aliphatic rings. The molecule has 0 radical (unpaired) electrons. The van der Waals surface area contributed by atoms with Crippen LogP contribution in [0.1, 0.15) is 5.82 Å². The number of pyridine rings is 1. The Morgan fingerprint density at radius 1 is 1.43 bits per heavy atom. The van der Waals surface area contributed by atoms with Crippen LogP contribution in [0.4, 0.5) is 10.1 Å². The van der Waals surface area contributed by atoms with Crippen molar-refractivity contribution in [2.45, 2.75) is 6.92 Å². The van der Waals surface area contributed by atoms with E-state index >= 15 is 0 Å². The van der Waals surface area contributed by atoms with Gasteiger partial charge in [0.25, 0.3) is 0 Å². The first-order chi connectivity index (χ1) is 6.70. The van der Waals surface area contributed by atoms with Crippen LogP contribution in [-0.2, 0) is 0 Å². The van der Waals surface area contributed by atoms with Crippen LogP contribution in [-0.4, -0.2) is 19.7 Å². The van der Waals surface area contributed by atoms with Crippen molar-refractivity contribution in [3.63, 3.8) is 0 Å². The van der Waals surface area contributed by atoms with Gasteiger partial charge in [-0.25, -0.2) is 14.1 Å². The molecule has 2 aromatic heterocycles. The highest BCUT2D eigenvalue weighted by molar-refractivity contribution is 5.56. The number of nitrogen functional groups attached to an aromatic ring is 1. The maximum atomic E-state index is 13.4. The van der Waals surface area contributed by atoms with Crippen LogP contribution in [0.2, 0.25) is 0 Å². The molecule has 0 spiro atoms. The van der Waals surface area contributed by atoms with Gasteiger partial charge < -0.3 is 5.73 Å². The molecule has 0 fully saturated rings. The molecule has 0 atom stereocenters. The van der Waals surface area contributed by atoms with E-state index in [2.05, 4.69) is 15.1 Å². The lowest BCUT2D eigenvalue weighted by molar-refractivity contribution is 0.603. The number of halogens is 1. The van der Waals surface area contributed by atoms with Crippen molar-refractivity contribution < 1.29 is 4.39 Å². The number of nitrogens with zero attached hydrogens (tertiary/aromatic N) is 4. The lowest BCUT2D eigenvalue weighted by atomic mass is 10.3. The maximum Gasteiger partial charge on any atom is 0.169 e. The molecular weight excluding hydrogens is 185 g/mol. The van der Waals surface area contributed by atoms with Gasteiger partial charge in [-0.1, -0.05) is 0 Å². The molecule has 0 unspecified atom stereocenters. The lowest BCUT2D eigenvalue weighted by Crippen LogP contribution is -2.06. The largest absolute Gasteiger partial charge is 0.396 e. The van der Waals surface area contributed by atoms with Crippen molar-refractivity contribution in [2.24, 2.45) is 0 Å². The quantitative estimate of drug-likeness (QED) is 0.723. The molecule has 0 saturated carbocycles. The zero-order chi connectivity index (χ0) is 10.1. The van der Waals surface area contributed by atoms with Crippen molar-refractivity contribution >= 4 is 5.69 Å². The van der Waals surface area contributed by atoms with Crippen LogP contribution in [0.5, 0.6) is 0 Å². The molecule has 2 aromatic rings. The zero-order valence-corrected chi connectivity index (χ0v) is 7.48. The summed E-state index contributed by atoms with van der Waals surface area (Å²) in [6.45, 7) is 1.71. The highest BCUT2D eigenvalue weighted by atomic mass is 19.1. The monoisotopic (exact) mass is 193 g/mol. The van der Waals surface area contributed by atoms with Gasteiger partial charge in [0.05, 0.1) is 18.1 Å². The van der Waals surface area contributed by atoms with E-state index in [1.54, 1.807) is 6.92 Å². The molecule has 2 heterocycles. The molecule has 0 aliphatic heterocycles. The van der Waals surface area contributed by atoms with Crippen LogP contribution in [0.15, 0.2) is 18.7 Å². The summed E-state index contributed by atoms with van der Waals surface area (Å²) in [4.78, 5) is 7.51. The summed E-state index contributed by atoms with van der Waals surface area (Å²) in [5, 5.41) is 3.87. The first-order valence-electron chi connectivity index (χ1n) is 3.96. The molecule has 0 aliphatic carbocycles. The van der Waals surface area contributed by atoms with Gasteiger partial charge in [-0.05, 0) is 6.92 Å². The Bertz CT molecular complexity index is 444. The molecule has 6 heteroatoms. The predicted molar refractivity (Wildman–Crippen MR) is 48.3 cm³/mol. The fourth-order valence-corrected chi connectivity index (χ4v) is 1.19. The second-order valence-electron chi connectivity index (χ2n) is 2.78. The van der Waals surface area contributed by atoms with E-state index in [0.29, 0.717) is 5.82 Å². The first-order valence-corrected chi connectivity index (χ1v) is 3.96. The van der Waals surface area contributed by atoms with Crippen molar-refractivity contribution in [1.82, 2.24) is 19.7 Å². The van der Waals surface area contributed by atoms with Crippen molar-refractivity contribution in [1.29, 1.82) is 0 Å². The van der Waals surface area contributed by atoms with Crippen molar-refractivity contribution in [3.8, 4) is 5.69 Å². The lowest BCUT2D eigenvalue weighted by Gasteiger charge is -2.06. The Kier molecular flexibility index (Phi) is 1.88. The SMILES string of the molecule is Cc1ncnn1-c1c(N)cncc1F. The Labute approximate surface area is 79.4 Å². The number of anilines is 1. The normalized spacial score (nSPS) is 10.4. The van der Waals surface area contributed by atoms with Crippen LogP contribution in [0.3, 0.4) is 0 Å². The van der Waals surface area contributed by atoms with E-state index in [9.17, 15) is 4.39 Å². The minimum absolute atomic E-state index is 0.190. The van der Waals surface area contributed by atoms with Gasteiger partial charge in [0.2, 0.25) is 0 Å². The third kappa shape index (κ3) is 1.20. The van der Waals surface area contributed by atoms with Crippen LogP contribution >= 0.6 is 0 Å². The molecule has 14 heavy (non-hydrogen) atoms. The number of nitrogens with two attached hydrogens (primary N) is 1. The summed E-state index contributed by atoms with van der Waals surface area (Å²) in [6.07, 6.45) is 3.81. The standard InChI is InChI=1S/C8H8FN5/c1-5-12-4-13-14(5)8-6(9)2-11-3-7(8)10/h2-4H,10H2,1H3. The second-order valence-corrected chi connectivity index (χ2v) is 2.78. The molecular formula is C8H8FN5. The number of hydrogen-bond donors (Lipinski definition) is 1. The van der Waals surface area contributed by atoms with Gasteiger partial charge in [0.15, 0.2) is 5.82 Å². The van der Waals surface area contributed by atoms with Gasteiger partial charge >= 0.3 is 0 Å². The average molecular weight is 193 g/mol. The summed E-state index contributed by atoms with van der Waals surface area (Å²) >= 11 is 0. The first kappa shape index (κ1) is 8.61. The molecule has 0 bridgehead atoms.